The van der Waals surface area contributed by atoms with Gasteiger partial charge >= 0.3 is 0 Å². The summed E-state index contributed by atoms with van der Waals surface area (Å²) >= 11 is 0. The standard InChI is InChI=1S/C22H23N3O3/c26-20(24-13-14-4-3-9-23-12-14)18-10-16-8-7-15(18)11-22(16)25-21(27)17-5-1-2-6-19(17)28-22/h1-6,9,12,15-16,18H,7-8,10-11,13H2,(H,24,26)(H,25,27)/t15-,16+,18+,22-/m1/s1. The Labute approximate surface area is 163 Å². The minimum atomic E-state index is -0.672. The number of rotatable bonds is 3. The van der Waals surface area contributed by atoms with E-state index in [9.17, 15) is 9.59 Å². The Morgan fingerprint density at radius 2 is 2.14 bits per heavy atom. The number of ether oxygens (including phenoxy) is 1. The third kappa shape index (κ3) is 2.84. The summed E-state index contributed by atoms with van der Waals surface area (Å²) in [6, 6.07) is 11.2. The van der Waals surface area contributed by atoms with Crippen LogP contribution in [-0.4, -0.2) is 22.5 Å². The third-order valence-electron chi connectivity index (χ3n) is 6.49. The lowest BCUT2D eigenvalue weighted by Crippen LogP contribution is -2.66. The Balaban J connectivity index is 1.30. The molecule has 0 saturated heterocycles. The number of aromatic nitrogens is 1. The monoisotopic (exact) mass is 377 g/mol. The molecule has 0 unspecified atom stereocenters. The molecule has 6 heteroatoms. The van der Waals surface area contributed by atoms with Crippen LogP contribution < -0.4 is 15.4 Å². The Morgan fingerprint density at radius 1 is 1.25 bits per heavy atom. The van der Waals surface area contributed by atoms with E-state index in [1.165, 1.54) is 0 Å². The van der Waals surface area contributed by atoms with Crippen LogP contribution in [0.1, 0.15) is 41.6 Å². The van der Waals surface area contributed by atoms with Crippen molar-refractivity contribution in [3.05, 3.63) is 59.9 Å². The van der Waals surface area contributed by atoms with Crippen molar-refractivity contribution in [1.82, 2.24) is 15.6 Å². The highest BCUT2D eigenvalue weighted by Crippen LogP contribution is 2.52. The predicted molar refractivity (Wildman–Crippen MR) is 102 cm³/mol. The van der Waals surface area contributed by atoms with Gasteiger partial charge in [-0.1, -0.05) is 18.2 Å². The quantitative estimate of drug-likeness (QED) is 0.862. The molecule has 0 radical (unpaired) electrons. The molecule has 2 heterocycles. The van der Waals surface area contributed by atoms with Crippen molar-refractivity contribution in [2.24, 2.45) is 17.8 Å². The highest BCUT2D eigenvalue weighted by Gasteiger charge is 2.57. The molecule has 28 heavy (non-hydrogen) atoms. The largest absolute Gasteiger partial charge is 0.467 e. The van der Waals surface area contributed by atoms with E-state index in [2.05, 4.69) is 15.6 Å². The maximum atomic E-state index is 12.8. The van der Waals surface area contributed by atoms with Gasteiger partial charge in [-0.25, -0.2) is 0 Å². The maximum Gasteiger partial charge on any atom is 0.258 e. The third-order valence-corrected chi connectivity index (χ3v) is 6.49. The molecule has 2 aromatic rings. The molecule has 2 amide bonds. The second kappa shape index (κ2) is 6.62. The van der Waals surface area contributed by atoms with Gasteiger partial charge in [-0.15, -0.1) is 0 Å². The molecule has 4 aliphatic rings. The predicted octanol–water partition coefficient (Wildman–Crippen LogP) is 2.65. The summed E-state index contributed by atoms with van der Waals surface area (Å²) in [6.07, 6.45) is 6.89. The number of carbonyl (C=O) groups excluding carboxylic acids is 2. The first kappa shape index (κ1) is 17.2. The van der Waals surface area contributed by atoms with Crippen molar-refractivity contribution in [3.63, 3.8) is 0 Å². The van der Waals surface area contributed by atoms with Crippen molar-refractivity contribution >= 4 is 11.8 Å². The molecule has 1 aliphatic heterocycles. The number of pyridine rings is 1. The van der Waals surface area contributed by atoms with Gasteiger partial charge < -0.3 is 15.4 Å². The summed E-state index contributed by atoms with van der Waals surface area (Å²) in [6.45, 7) is 0.492. The summed E-state index contributed by atoms with van der Waals surface area (Å²) in [4.78, 5) is 29.6. The van der Waals surface area contributed by atoms with Gasteiger partial charge in [0.15, 0.2) is 5.72 Å². The van der Waals surface area contributed by atoms with Gasteiger partial charge in [0.25, 0.3) is 5.91 Å². The number of carbonyl (C=O) groups is 2. The fourth-order valence-electron chi connectivity index (χ4n) is 5.10. The molecule has 2 bridgehead atoms. The second-order valence-electron chi connectivity index (χ2n) is 8.10. The van der Waals surface area contributed by atoms with E-state index in [-0.39, 0.29) is 29.6 Å². The molecule has 1 spiro atoms. The van der Waals surface area contributed by atoms with Crippen molar-refractivity contribution in [2.45, 2.75) is 38.0 Å². The Hall–Kier alpha value is -2.89. The first-order valence-electron chi connectivity index (χ1n) is 9.92. The number of hydrogen-bond donors (Lipinski definition) is 2. The van der Waals surface area contributed by atoms with Gasteiger partial charge in [0.2, 0.25) is 5.91 Å². The van der Waals surface area contributed by atoms with Crippen LogP contribution in [0.4, 0.5) is 0 Å². The number of nitrogens with one attached hydrogen (secondary N) is 2. The zero-order valence-corrected chi connectivity index (χ0v) is 15.6. The molecular formula is C22H23N3O3. The highest BCUT2D eigenvalue weighted by atomic mass is 16.5. The van der Waals surface area contributed by atoms with E-state index >= 15 is 0 Å². The second-order valence-corrected chi connectivity index (χ2v) is 8.10. The first-order valence-corrected chi connectivity index (χ1v) is 9.92. The molecule has 6 rings (SSSR count). The van der Waals surface area contributed by atoms with E-state index in [1.807, 2.05) is 30.3 Å². The van der Waals surface area contributed by atoms with Crippen molar-refractivity contribution < 1.29 is 14.3 Å². The lowest BCUT2D eigenvalue weighted by atomic mass is 9.60. The minimum Gasteiger partial charge on any atom is -0.467 e. The molecule has 2 N–H and O–H groups in total. The average molecular weight is 377 g/mol. The van der Waals surface area contributed by atoms with Crippen molar-refractivity contribution in [1.29, 1.82) is 0 Å². The van der Waals surface area contributed by atoms with E-state index < -0.39 is 5.72 Å². The molecule has 3 fully saturated rings. The molecule has 3 aliphatic carbocycles. The van der Waals surface area contributed by atoms with Gasteiger partial charge in [0, 0.05) is 37.2 Å². The zero-order chi connectivity index (χ0) is 19.1. The number of amides is 2. The van der Waals surface area contributed by atoms with Gasteiger partial charge in [0.1, 0.15) is 5.75 Å². The van der Waals surface area contributed by atoms with Crippen LogP contribution in [0.15, 0.2) is 48.8 Å². The number of para-hydroxylation sites is 1. The van der Waals surface area contributed by atoms with Crippen LogP contribution in [0.3, 0.4) is 0 Å². The topological polar surface area (TPSA) is 80.3 Å². The summed E-state index contributed by atoms with van der Waals surface area (Å²) in [7, 11) is 0. The first-order chi connectivity index (χ1) is 13.6. The smallest absolute Gasteiger partial charge is 0.258 e. The molecule has 3 saturated carbocycles. The molecule has 4 atom stereocenters. The normalized spacial score (nSPS) is 30.3. The summed E-state index contributed by atoms with van der Waals surface area (Å²) in [5.74, 6) is 0.992. The molecular weight excluding hydrogens is 354 g/mol. The van der Waals surface area contributed by atoms with E-state index in [4.69, 9.17) is 4.74 Å². The zero-order valence-electron chi connectivity index (χ0n) is 15.6. The van der Waals surface area contributed by atoms with Crippen LogP contribution in [-0.2, 0) is 11.3 Å². The lowest BCUT2D eigenvalue weighted by molar-refractivity contribution is -0.146. The van der Waals surface area contributed by atoms with Crippen LogP contribution in [0, 0.1) is 17.8 Å². The maximum absolute atomic E-state index is 12.8. The van der Waals surface area contributed by atoms with Crippen molar-refractivity contribution in [3.8, 4) is 5.75 Å². The van der Waals surface area contributed by atoms with Crippen LogP contribution in [0.25, 0.3) is 0 Å². The summed E-state index contributed by atoms with van der Waals surface area (Å²) < 4.78 is 6.35. The molecule has 1 aromatic heterocycles. The Bertz CT molecular complexity index is 916. The van der Waals surface area contributed by atoms with Crippen LogP contribution in [0.2, 0.25) is 0 Å². The van der Waals surface area contributed by atoms with Crippen LogP contribution >= 0.6 is 0 Å². The number of benzene rings is 1. The number of fused-ring (bicyclic) bond motifs is 3. The molecule has 144 valence electrons. The van der Waals surface area contributed by atoms with E-state index in [0.29, 0.717) is 24.3 Å². The SMILES string of the molecule is O=C1N[C@]2(C[C@H]3CC[C@H]2C[C@@H]3C(=O)NCc2cccnc2)Oc2ccccc21. The van der Waals surface area contributed by atoms with Crippen LogP contribution in [0.5, 0.6) is 5.75 Å². The Morgan fingerprint density at radius 3 is 2.93 bits per heavy atom. The summed E-state index contributed by atoms with van der Waals surface area (Å²) in [5, 5.41) is 6.20. The molecule has 6 nitrogen and oxygen atoms in total. The molecule has 1 aromatic carbocycles. The van der Waals surface area contributed by atoms with Gasteiger partial charge in [0.05, 0.1) is 5.56 Å². The Kier molecular flexibility index (Phi) is 4.07. The fraction of sp³-hybridized carbons (Fsp3) is 0.409. The highest BCUT2D eigenvalue weighted by molar-refractivity contribution is 5.98. The average Bonchev–Trinajstić information content (AvgIpc) is 2.73. The summed E-state index contributed by atoms with van der Waals surface area (Å²) in [5.41, 5.74) is 0.905. The number of nitrogens with zero attached hydrogens (tertiary/aromatic N) is 1. The number of hydrogen-bond acceptors (Lipinski definition) is 4. The van der Waals surface area contributed by atoms with E-state index in [0.717, 1.165) is 24.8 Å². The lowest BCUT2D eigenvalue weighted by Gasteiger charge is -2.55. The minimum absolute atomic E-state index is 0.0290. The van der Waals surface area contributed by atoms with Gasteiger partial charge in [-0.2, -0.15) is 0 Å². The van der Waals surface area contributed by atoms with Gasteiger partial charge in [-0.05, 0) is 48.9 Å². The van der Waals surface area contributed by atoms with Gasteiger partial charge in [-0.3, -0.25) is 14.6 Å². The van der Waals surface area contributed by atoms with E-state index in [1.54, 1.807) is 18.5 Å². The van der Waals surface area contributed by atoms with Crippen molar-refractivity contribution in [2.75, 3.05) is 0 Å². The fourth-order valence-corrected chi connectivity index (χ4v) is 5.10.